The molecule has 63 heavy (non-hydrogen) atoms. The molecule has 4 aliphatic heterocycles. The second-order valence-electron chi connectivity index (χ2n) is 14.6. The summed E-state index contributed by atoms with van der Waals surface area (Å²) in [5.74, 6) is -9.55. The quantitative estimate of drug-likeness (QED) is 0.0501. The molecule has 0 spiro atoms. The van der Waals surface area contributed by atoms with Crippen molar-refractivity contribution in [2.45, 2.75) is 93.6 Å². The minimum atomic E-state index is -2.05. The molecule has 23 nitrogen and oxygen atoms in total. The predicted octanol–water partition coefficient (Wildman–Crippen LogP) is -1.31. The Morgan fingerprint density at radius 1 is 0.841 bits per heavy atom. The summed E-state index contributed by atoms with van der Waals surface area (Å²) in [6.07, 6.45) is -18.1. The summed E-state index contributed by atoms with van der Waals surface area (Å²) in [5, 5.41) is 83.9. The van der Waals surface area contributed by atoms with Gasteiger partial charge >= 0.3 is 29.8 Å². The van der Waals surface area contributed by atoms with Crippen LogP contribution >= 0.6 is 0 Å². The number of aliphatic hydroxyl groups excluding tert-OH is 4. The molecule has 13 atom stereocenters. The first-order valence-electron chi connectivity index (χ1n) is 19.1. The molecule has 0 radical (unpaired) electrons. The van der Waals surface area contributed by atoms with Crippen LogP contribution in [-0.4, -0.2) is 164 Å². The molecule has 0 bridgehead atoms. The van der Waals surface area contributed by atoms with Crippen molar-refractivity contribution < 1.29 is 112 Å². The lowest BCUT2D eigenvalue weighted by Crippen LogP contribution is -2.64. The SMILES string of the molecule is C=CC1C(OC2OC(COC(C)=O)C(OC(=O)c3cccc(OC4OC(CO)C(O)C(O)C4O)c3O)C(OC(C)=O)C2OC(=O)c2cc(O)ccc2O)OC=C2C(=O)OCCC21O. The number of phenolic OH excluding ortho intramolecular Hbond substituents is 3. The van der Waals surface area contributed by atoms with Gasteiger partial charge in [-0.3, -0.25) is 9.59 Å². The molecule has 4 aliphatic rings. The van der Waals surface area contributed by atoms with Gasteiger partial charge in [-0.1, -0.05) is 12.1 Å². The van der Waals surface area contributed by atoms with Gasteiger partial charge in [-0.15, -0.1) is 6.58 Å². The third-order valence-electron chi connectivity index (χ3n) is 10.4. The highest BCUT2D eigenvalue weighted by Gasteiger charge is 2.58. The molecule has 6 rings (SSSR count). The topological polar surface area (TPSA) is 339 Å². The van der Waals surface area contributed by atoms with Crippen molar-refractivity contribution >= 4 is 29.8 Å². The van der Waals surface area contributed by atoms with Crippen molar-refractivity contribution in [3.05, 3.63) is 72.0 Å². The molecule has 8 N–H and O–H groups in total. The molecule has 23 heteroatoms. The van der Waals surface area contributed by atoms with Gasteiger partial charge in [0.25, 0.3) is 0 Å². The molecule has 0 aromatic heterocycles. The third-order valence-corrected chi connectivity index (χ3v) is 10.4. The van der Waals surface area contributed by atoms with Crippen LogP contribution in [0.4, 0.5) is 0 Å². The van der Waals surface area contributed by atoms with Crippen molar-refractivity contribution in [2.75, 3.05) is 19.8 Å². The van der Waals surface area contributed by atoms with Gasteiger partial charge in [-0.05, 0) is 30.3 Å². The first-order chi connectivity index (χ1) is 29.9. The fraction of sp³-hybridized carbons (Fsp3) is 0.475. The van der Waals surface area contributed by atoms with Crippen LogP contribution in [-0.2, 0) is 57.0 Å². The molecule has 2 aromatic rings. The Hall–Kier alpha value is -6.05. The number of cyclic esters (lactones) is 1. The van der Waals surface area contributed by atoms with Crippen LogP contribution in [0.5, 0.6) is 23.0 Å². The number of aromatic hydroxyl groups is 3. The first-order valence-corrected chi connectivity index (χ1v) is 19.1. The van der Waals surface area contributed by atoms with Gasteiger partial charge in [-0.2, -0.15) is 0 Å². The van der Waals surface area contributed by atoms with E-state index in [0.29, 0.717) is 0 Å². The number of esters is 5. The Bertz CT molecular complexity index is 2100. The van der Waals surface area contributed by atoms with Crippen LogP contribution in [0.3, 0.4) is 0 Å². The van der Waals surface area contributed by atoms with E-state index in [4.69, 9.17) is 47.4 Å². The Kier molecular flexibility index (Phi) is 14.1. The Labute approximate surface area is 356 Å². The maximum absolute atomic E-state index is 14.0. The number of hydrogen-bond acceptors (Lipinski definition) is 23. The van der Waals surface area contributed by atoms with Crippen LogP contribution in [0.25, 0.3) is 0 Å². The summed E-state index contributed by atoms with van der Waals surface area (Å²) in [6.45, 7) is 3.89. The summed E-state index contributed by atoms with van der Waals surface area (Å²) in [7, 11) is 0. The second-order valence-corrected chi connectivity index (χ2v) is 14.6. The number of hydrogen-bond donors (Lipinski definition) is 8. The third kappa shape index (κ3) is 9.64. The largest absolute Gasteiger partial charge is 0.508 e. The van der Waals surface area contributed by atoms with E-state index >= 15 is 0 Å². The molecular weight excluding hydrogens is 848 g/mol. The Morgan fingerprint density at radius 2 is 1.54 bits per heavy atom. The zero-order valence-electron chi connectivity index (χ0n) is 33.3. The maximum atomic E-state index is 14.0. The maximum Gasteiger partial charge on any atom is 0.342 e. The first kappa shape index (κ1) is 46.5. The number of fused-ring (bicyclic) bond motifs is 1. The van der Waals surface area contributed by atoms with Crippen molar-refractivity contribution in [1.29, 1.82) is 0 Å². The minimum Gasteiger partial charge on any atom is -0.508 e. The molecular formula is C40H44O23. The van der Waals surface area contributed by atoms with Gasteiger partial charge in [0.15, 0.2) is 29.8 Å². The normalized spacial score (nSPS) is 32.6. The average Bonchev–Trinajstić information content (AvgIpc) is 3.23. The van der Waals surface area contributed by atoms with Gasteiger partial charge in [0.2, 0.25) is 18.9 Å². The van der Waals surface area contributed by atoms with Gasteiger partial charge in [0, 0.05) is 20.3 Å². The lowest BCUT2D eigenvalue weighted by atomic mass is 9.76. The van der Waals surface area contributed by atoms with E-state index in [2.05, 4.69) is 6.58 Å². The monoisotopic (exact) mass is 892 g/mol. The number of aliphatic hydroxyl groups is 5. The van der Waals surface area contributed by atoms with E-state index in [0.717, 1.165) is 50.4 Å². The molecule has 3 fully saturated rings. The second kappa shape index (κ2) is 19.1. The zero-order chi connectivity index (χ0) is 45.9. The summed E-state index contributed by atoms with van der Waals surface area (Å²) in [5.41, 5.74) is -3.52. The van der Waals surface area contributed by atoms with Crippen molar-refractivity contribution in [2.24, 2.45) is 5.92 Å². The fourth-order valence-electron chi connectivity index (χ4n) is 7.23. The van der Waals surface area contributed by atoms with Gasteiger partial charge < -0.3 is 88.2 Å². The highest BCUT2D eigenvalue weighted by Crippen LogP contribution is 2.43. The van der Waals surface area contributed by atoms with Gasteiger partial charge in [-0.25, -0.2) is 14.4 Å². The van der Waals surface area contributed by atoms with E-state index in [9.17, 15) is 64.8 Å². The zero-order valence-corrected chi connectivity index (χ0v) is 33.3. The Morgan fingerprint density at radius 3 is 2.22 bits per heavy atom. The summed E-state index contributed by atoms with van der Waals surface area (Å²) in [6, 6.07) is 6.20. The molecule has 2 aromatic carbocycles. The standard InChI is InChI=1S/C40H44O23/c1-4-21-37(56-14-22-36(52)54-11-10-40(21,22)53)63-39-33(62-35(51)20-12-18(44)8-9-23(20)45)32(57-17(3)43)31(26(60-39)15-55-16(2)42)61-34(50)19-6-5-7-24(27(19)46)58-38-30(49)29(48)28(47)25(13-41)59-38/h4-9,12,14,21,25-26,28-33,37-39,41,44-49,53H,1,10-11,13,15H2,2-3H3. The molecule has 13 unspecified atom stereocenters. The molecule has 0 aliphatic carbocycles. The van der Waals surface area contributed by atoms with Crippen LogP contribution in [0.2, 0.25) is 0 Å². The summed E-state index contributed by atoms with van der Waals surface area (Å²) < 4.78 is 56.1. The number of rotatable bonds is 13. The lowest BCUT2D eigenvalue weighted by molar-refractivity contribution is -0.343. The number of phenols is 3. The van der Waals surface area contributed by atoms with Crippen LogP contribution in [0, 0.1) is 5.92 Å². The minimum absolute atomic E-state index is 0.143. The summed E-state index contributed by atoms with van der Waals surface area (Å²) >= 11 is 0. The lowest BCUT2D eigenvalue weighted by Gasteiger charge is -2.48. The highest BCUT2D eigenvalue weighted by molar-refractivity contribution is 5.94. The van der Waals surface area contributed by atoms with E-state index in [-0.39, 0.29) is 18.6 Å². The number of benzene rings is 2. The van der Waals surface area contributed by atoms with Crippen molar-refractivity contribution in [3.8, 4) is 23.0 Å². The molecule has 0 saturated carbocycles. The van der Waals surface area contributed by atoms with Crippen molar-refractivity contribution in [1.82, 2.24) is 0 Å². The number of ether oxygens (including phenoxy) is 10. The summed E-state index contributed by atoms with van der Waals surface area (Å²) in [4.78, 5) is 65.3. The fourth-order valence-corrected chi connectivity index (χ4v) is 7.23. The molecule has 4 heterocycles. The van der Waals surface area contributed by atoms with E-state index < -0.39 is 156 Å². The van der Waals surface area contributed by atoms with E-state index in [1.807, 2.05) is 0 Å². The van der Waals surface area contributed by atoms with Gasteiger partial charge in [0.05, 0.1) is 25.4 Å². The average molecular weight is 893 g/mol. The van der Waals surface area contributed by atoms with E-state index in [1.165, 1.54) is 12.1 Å². The Balaban J connectivity index is 1.38. The van der Waals surface area contributed by atoms with Crippen LogP contribution in [0.15, 0.2) is 60.9 Å². The number of para-hydroxylation sites is 1. The highest BCUT2D eigenvalue weighted by atomic mass is 16.8. The van der Waals surface area contributed by atoms with Gasteiger partial charge in [0.1, 0.15) is 70.9 Å². The molecule has 0 amide bonds. The predicted molar refractivity (Wildman–Crippen MR) is 200 cm³/mol. The smallest absolute Gasteiger partial charge is 0.342 e. The molecule has 3 saturated heterocycles. The number of carbonyl (C=O) groups excluding carboxylic acids is 5. The van der Waals surface area contributed by atoms with Crippen molar-refractivity contribution in [3.63, 3.8) is 0 Å². The number of carbonyl (C=O) groups is 5. The van der Waals surface area contributed by atoms with Crippen LogP contribution < -0.4 is 4.74 Å². The van der Waals surface area contributed by atoms with E-state index in [1.54, 1.807) is 0 Å². The molecule has 342 valence electrons. The van der Waals surface area contributed by atoms with Crippen LogP contribution in [0.1, 0.15) is 41.0 Å².